The van der Waals surface area contributed by atoms with Gasteiger partial charge >= 0.3 is 0 Å². The maximum absolute atomic E-state index is 14.1. The van der Waals surface area contributed by atoms with Gasteiger partial charge in [-0.05, 0) is 59.5 Å². The predicted molar refractivity (Wildman–Crippen MR) is 145 cm³/mol. The molecule has 0 spiro atoms. The topological polar surface area (TPSA) is 75.3 Å². The zero-order valence-electron chi connectivity index (χ0n) is 21.2. The van der Waals surface area contributed by atoms with Crippen LogP contribution in [0.2, 0.25) is 0 Å². The molecule has 0 unspecified atom stereocenters. The van der Waals surface area contributed by atoms with Gasteiger partial charge in [0.05, 0.1) is 24.2 Å². The number of anilines is 1. The minimum atomic E-state index is -0.329. The fourth-order valence-corrected chi connectivity index (χ4v) is 5.40. The van der Waals surface area contributed by atoms with Crippen LogP contribution in [0.1, 0.15) is 35.2 Å². The first-order chi connectivity index (χ1) is 18.6. The Hall–Kier alpha value is -4.19. The lowest BCUT2D eigenvalue weighted by molar-refractivity contribution is 0.0329. The fourth-order valence-electron chi connectivity index (χ4n) is 5.40. The van der Waals surface area contributed by atoms with Crippen LogP contribution in [0, 0.1) is 17.3 Å². The van der Waals surface area contributed by atoms with Crippen LogP contribution in [0.5, 0.6) is 5.75 Å². The van der Waals surface area contributed by atoms with Crippen LogP contribution >= 0.6 is 0 Å². The van der Waals surface area contributed by atoms with Gasteiger partial charge in [0.2, 0.25) is 5.95 Å². The molecule has 0 amide bonds. The molecule has 0 radical (unpaired) electrons. The second-order valence-electron chi connectivity index (χ2n) is 9.70. The highest BCUT2D eigenvalue weighted by Crippen LogP contribution is 2.38. The summed E-state index contributed by atoms with van der Waals surface area (Å²) in [6.45, 7) is 6.62. The molecule has 2 aliphatic heterocycles. The first-order valence-electron chi connectivity index (χ1n) is 12.8. The third-order valence-corrected chi connectivity index (χ3v) is 7.18. The van der Waals surface area contributed by atoms with Crippen LogP contribution < -0.4 is 10.1 Å². The number of ether oxygens (including phenoxy) is 2. The lowest BCUT2D eigenvalue weighted by Gasteiger charge is -2.30. The molecule has 4 aromatic rings. The Morgan fingerprint density at radius 3 is 2.79 bits per heavy atom. The van der Waals surface area contributed by atoms with Crippen LogP contribution in [0.3, 0.4) is 0 Å². The van der Waals surface area contributed by atoms with Gasteiger partial charge < -0.3 is 14.0 Å². The Morgan fingerprint density at radius 1 is 1.11 bits per heavy atom. The Morgan fingerprint density at radius 2 is 1.95 bits per heavy atom. The van der Waals surface area contributed by atoms with Crippen LogP contribution in [0.4, 0.5) is 10.3 Å². The molecule has 7 nitrogen and oxygen atoms in total. The molecule has 6 rings (SSSR count). The Balaban J connectivity index is 1.42. The van der Waals surface area contributed by atoms with E-state index >= 15 is 0 Å². The van der Waals surface area contributed by atoms with Gasteiger partial charge in [-0.2, -0.15) is 5.26 Å². The van der Waals surface area contributed by atoms with Gasteiger partial charge in [0, 0.05) is 37.3 Å². The summed E-state index contributed by atoms with van der Waals surface area (Å²) < 4.78 is 27.6. The number of nitrogens with one attached hydrogen (secondary N) is 1. The molecular weight excluding hydrogens is 481 g/mol. The van der Waals surface area contributed by atoms with Crippen molar-refractivity contribution in [3.63, 3.8) is 0 Å². The van der Waals surface area contributed by atoms with E-state index in [1.807, 2.05) is 30.5 Å². The second-order valence-corrected chi connectivity index (χ2v) is 9.70. The summed E-state index contributed by atoms with van der Waals surface area (Å²) in [4.78, 5) is 7.15. The van der Waals surface area contributed by atoms with Gasteiger partial charge in [-0.3, -0.25) is 10.2 Å². The maximum atomic E-state index is 14.1. The standard InChI is InChI=1S/C30H28FN5O2/c1-20(17-35-10-12-37-13-11-35)36-28-9-6-21(15-27(28)34-30(36)33-19-32)14-26-24-5-3-2-4-22(24)18-38-29-16-23(31)7-8-25(26)29/h2-9,14-16,20H,10-13,17-18H2,1H3,(H,33,34)/b26-14+/t20-/m0/s1. The lowest BCUT2D eigenvalue weighted by atomic mass is 9.92. The van der Waals surface area contributed by atoms with Gasteiger partial charge in [-0.15, -0.1) is 0 Å². The summed E-state index contributed by atoms with van der Waals surface area (Å²) >= 11 is 0. The second kappa shape index (κ2) is 10.3. The monoisotopic (exact) mass is 509 g/mol. The number of morpholine rings is 1. The summed E-state index contributed by atoms with van der Waals surface area (Å²) in [5.74, 6) is 0.724. The maximum Gasteiger partial charge on any atom is 0.217 e. The molecule has 3 heterocycles. The van der Waals surface area contributed by atoms with E-state index in [9.17, 15) is 9.65 Å². The predicted octanol–water partition coefficient (Wildman–Crippen LogP) is 5.44. The number of imidazole rings is 1. The minimum Gasteiger partial charge on any atom is -0.488 e. The molecule has 3 aromatic carbocycles. The molecule has 1 N–H and O–H groups in total. The number of hydrogen-bond donors (Lipinski definition) is 1. The van der Waals surface area contributed by atoms with Crippen LogP contribution in [-0.4, -0.2) is 47.3 Å². The molecule has 8 heteroatoms. The SMILES string of the molecule is C[C@@H](CN1CCOCC1)n1c(NC#N)nc2cc(/C=C3\c4ccccc4COc4cc(F)ccc43)ccc21. The number of rotatable bonds is 5. The highest BCUT2D eigenvalue weighted by Gasteiger charge is 2.22. The molecule has 0 bridgehead atoms. The lowest BCUT2D eigenvalue weighted by Crippen LogP contribution is -2.39. The molecule has 0 saturated carbocycles. The van der Waals surface area contributed by atoms with E-state index in [0.717, 1.165) is 71.7 Å². The number of aromatic nitrogens is 2. The minimum absolute atomic E-state index is 0.103. The van der Waals surface area contributed by atoms with Crippen molar-refractivity contribution in [2.75, 3.05) is 38.2 Å². The van der Waals surface area contributed by atoms with Crippen LogP contribution in [0.25, 0.3) is 22.7 Å². The van der Waals surface area contributed by atoms with E-state index in [1.165, 1.54) is 12.1 Å². The summed E-state index contributed by atoms with van der Waals surface area (Å²) in [5.41, 5.74) is 6.60. The zero-order chi connectivity index (χ0) is 26.1. The van der Waals surface area contributed by atoms with Crippen LogP contribution in [-0.2, 0) is 11.3 Å². The number of nitriles is 1. The van der Waals surface area contributed by atoms with E-state index < -0.39 is 0 Å². The molecule has 2 aliphatic rings. The Bertz CT molecular complexity index is 1560. The van der Waals surface area contributed by atoms with Crippen molar-refractivity contribution in [1.29, 1.82) is 5.26 Å². The quantitative estimate of drug-likeness (QED) is 0.285. The Labute approximate surface area is 220 Å². The number of fused-ring (bicyclic) bond motifs is 3. The number of benzene rings is 3. The van der Waals surface area contributed by atoms with Gasteiger partial charge in [0.25, 0.3) is 0 Å². The molecular formula is C30H28FN5O2. The van der Waals surface area contributed by atoms with Crippen molar-refractivity contribution >= 4 is 28.6 Å². The van der Waals surface area contributed by atoms with Crippen LogP contribution in [0.15, 0.2) is 60.7 Å². The molecule has 0 aliphatic carbocycles. The molecule has 192 valence electrons. The molecule has 1 saturated heterocycles. The number of halogens is 1. The first-order valence-corrected chi connectivity index (χ1v) is 12.8. The third-order valence-electron chi connectivity index (χ3n) is 7.18. The molecule has 38 heavy (non-hydrogen) atoms. The van der Waals surface area contributed by atoms with Gasteiger partial charge in [0.1, 0.15) is 18.2 Å². The number of hydrogen-bond acceptors (Lipinski definition) is 6. The summed E-state index contributed by atoms with van der Waals surface area (Å²) in [5, 5.41) is 12.2. The molecule has 1 fully saturated rings. The van der Waals surface area contributed by atoms with E-state index in [4.69, 9.17) is 14.5 Å². The summed E-state index contributed by atoms with van der Waals surface area (Å²) in [6, 6.07) is 19.0. The highest BCUT2D eigenvalue weighted by atomic mass is 19.1. The summed E-state index contributed by atoms with van der Waals surface area (Å²) in [7, 11) is 0. The van der Waals surface area contributed by atoms with E-state index in [-0.39, 0.29) is 11.9 Å². The van der Waals surface area contributed by atoms with Crippen molar-refractivity contribution in [1.82, 2.24) is 14.5 Å². The fraction of sp³-hybridized carbons (Fsp3) is 0.267. The van der Waals surface area contributed by atoms with E-state index in [0.29, 0.717) is 18.3 Å². The number of nitrogens with zero attached hydrogens (tertiary/aromatic N) is 4. The van der Waals surface area contributed by atoms with E-state index in [1.54, 1.807) is 6.07 Å². The van der Waals surface area contributed by atoms with Gasteiger partial charge in [-0.25, -0.2) is 9.37 Å². The van der Waals surface area contributed by atoms with Crippen molar-refractivity contribution in [3.05, 3.63) is 88.7 Å². The average Bonchev–Trinajstić information content (AvgIpc) is 3.21. The van der Waals surface area contributed by atoms with Gasteiger partial charge in [0.15, 0.2) is 6.19 Å². The van der Waals surface area contributed by atoms with Crippen molar-refractivity contribution in [3.8, 4) is 11.9 Å². The van der Waals surface area contributed by atoms with E-state index in [2.05, 4.69) is 46.0 Å². The Kier molecular flexibility index (Phi) is 6.54. The average molecular weight is 510 g/mol. The summed E-state index contributed by atoms with van der Waals surface area (Å²) in [6.07, 6.45) is 4.13. The normalized spacial score (nSPS) is 17.2. The smallest absolute Gasteiger partial charge is 0.217 e. The zero-order valence-corrected chi connectivity index (χ0v) is 21.2. The highest BCUT2D eigenvalue weighted by molar-refractivity contribution is 5.96. The molecule has 1 aromatic heterocycles. The third kappa shape index (κ3) is 4.62. The van der Waals surface area contributed by atoms with Crippen molar-refractivity contribution in [2.24, 2.45) is 0 Å². The molecule has 1 atom stereocenters. The first kappa shape index (κ1) is 24.2. The van der Waals surface area contributed by atoms with Gasteiger partial charge in [-0.1, -0.05) is 30.3 Å². The largest absolute Gasteiger partial charge is 0.488 e. The van der Waals surface area contributed by atoms with Crippen molar-refractivity contribution < 1.29 is 13.9 Å². The van der Waals surface area contributed by atoms with Crippen molar-refractivity contribution in [2.45, 2.75) is 19.6 Å².